The fourth-order valence-electron chi connectivity index (χ4n) is 1.79. The first-order chi connectivity index (χ1) is 8.72. The Balaban J connectivity index is 2.12. The molecule has 0 radical (unpaired) electrons. The van der Waals surface area contributed by atoms with E-state index in [1.54, 1.807) is 6.20 Å². The molecule has 2 aromatic rings. The van der Waals surface area contributed by atoms with E-state index in [1.165, 1.54) is 0 Å². The van der Waals surface area contributed by atoms with Gasteiger partial charge >= 0.3 is 0 Å². The van der Waals surface area contributed by atoms with Crippen molar-refractivity contribution in [1.82, 2.24) is 10.3 Å². The van der Waals surface area contributed by atoms with E-state index in [4.69, 9.17) is 11.6 Å². The quantitative estimate of drug-likeness (QED) is 0.873. The van der Waals surface area contributed by atoms with Gasteiger partial charge in [-0.05, 0) is 12.5 Å². The molecule has 2 rings (SSSR count). The lowest BCUT2D eigenvalue weighted by Gasteiger charge is -2.11. The lowest BCUT2D eigenvalue weighted by molar-refractivity contribution is 0.167. The van der Waals surface area contributed by atoms with E-state index in [0.717, 1.165) is 27.9 Å². The van der Waals surface area contributed by atoms with Gasteiger partial charge in [0.2, 0.25) is 0 Å². The number of hydrogen-bond acceptors (Lipinski definition) is 3. The molecule has 2 N–H and O–H groups in total. The third kappa shape index (κ3) is 2.99. The number of benzene rings is 1. The van der Waals surface area contributed by atoms with E-state index < -0.39 is 0 Å². The molecule has 0 bridgehead atoms. The summed E-state index contributed by atoms with van der Waals surface area (Å²) in [5, 5.41) is 14.4. The normalized spacial score (nSPS) is 12.8. The molecule has 1 aromatic carbocycles. The summed E-state index contributed by atoms with van der Waals surface area (Å²) in [5.41, 5.74) is 1.86. The SMILES string of the molecule is CC[C@@H](O)CNCc1cnc2ccccc2c1Cl. The number of nitrogens with one attached hydrogen (secondary N) is 1. The highest BCUT2D eigenvalue weighted by molar-refractivity contribution is 6.36. The number of aliphatic hydroxyl groups excluding tert-OH is 1. The van der Waals surface area contributed by atoms with Gasteiger partial charge in [0.1, 0.15) is 0 Å². The Hall–Kier alpha value is -1.16. The van der Waals surface area contributed by atoms with Crippen LogP contribution in [0.3, 0.4) is 0 Å². The fourth-order valence-corrected chi connectivity index (χ4v) is 2.07. The maximum atomic E-state index is 9.47. The van der Waals surface area contributed by atoms with Gasteiger partial charge in [-0.25, -0.2) is 0 Å². The topological polar surface area (TPSA) is 45.1 Å². The molecule has 1 heterocycles. The summed E-state index contributed by atoms with van der Waals surface area (Å²) in [7, 11) is 0. The average Bonchev–Trinajstić information content (AvgIpc) is 2.41. The molecule has 0 aliphatic carbocycles. The Labute approximate surface area is 112 Å². The van der Waals surface area contributed by atoms with Crippen LogP contribution in [0.15, 0.2) is 30.5 Å². The minimum absolute atomic E-state index is 0.308. The molecule has 0 aliphatic heterocycles. The zero-order valence-electron chi connectivity index (χ0n) is 10.4. The number of nitrogens with zero attached hydrogens (tertiary/aromatic N) is 1. The number of aliphatic hydroxyl groups is 1. The summed E-state index contributed by atoms with van der Waals surface area (Å²) >= 11 is 6.35. The number of halogens is 1. The highest BCUT2D eigenvalue weighted by atomic mass is 35.5. The molecule has 0 aliphatic rings. The second-order valence-corrected chi connectivity index (χ2v) is 4.69. The summed E-state index contributed by atoms with van der Waals surface area (Å²) in [6.45, 7) is 3.14. The summed E-state index contributed by atoms with van der Waals surface area (Å²) in [6, 6.07) is 7.81. The highest BCUT2D eigenvalue weighted by Crippen LogP contribution is 2.25. The van der Waals surface area contributed by atoms with E-state index in [1.807, 2.05) is 31.2 Å². The van der Waals surface area contributed by atoms with Crippen molar-refractivity contribution in [2.75, 3.05) is 6.54 Å². The van der Waals surface area contributed by atoms with Crippen molar-refractivity contribution in [1.29, 1.82) is 0 Å². The molecule has 96 valence electrons. The molecule has 1 aromatic heterocycles. The molecule has 0 amide bonds. The van der Waals surface area contributed by atoms with E-state index in [-0.39, 0.29) is 6.10 Å². The molecular formula is C14H17ClN2O. The molecule has 0 fully saturated rings. The summed E-state index contributed by atoms with van der Waals surface area (Å²) in [6.07, 6.45) is 2.23. The first-order valence-electron chi connectivity index (χ1n) is 6.13. The van der Waals surface area contributed by atoms with Gasteiger partial charge in [0.05, 0.1) is 16.6 Å². The van der Waals surface area contributed by atoms with Crippen molar-refractivity contribution in [3.05, 3.63) is 41.0 Å². The zero-order valence-corrected chi connectivity index (χ0v) is 11.1. The number of aromatic nitrogens is 1. The molecule has 0 spiro atoms. The Kier molecular flexibility index (Phi) is 4.53. The van der Waals surface area contributed by atoms with Gasteiger partial charge in [0.15, 0.2) is 0 Å². The number of rotatable bonds is 5. The summed E-state index contributed by atoms with van der Waals surface area (Å²) < 4.78 is 0. The van der Waals surface area contributed by atoms with E-state index in [9.17, 15) is 5.11 Å². The smallest absolute Gasteiger partial charge is 0.0717 e. The minimum Gasteiger partial charge on any atom is -0.392 e. The number of para-hydroxylation sites is 1. The van der Waals surface area contributed by atoms with Gasteiger partial charge in [0, 0.05) is 30.2 Å². The van der Waals surface area contributed by atoms with Crippen molar-refractivity contribution < 1.29 is 5.11 Å². The van der Waals surface area contributed by atoms with Crippen LogP contribution in [-0.4, -0.2) is 22.7 Å². The predicted molar refractivity (Wildman–Crippen MR) is 74.8 cm³/mol. The van der Waals surface area contributed by atoms with Crippen molar-refractivity contribution in [2.45, 2.75) is 26.0 Å². The Bertz CT molecular complexity index is 530. The lowest BCUT2D eigenvalue weighted by atomic mass is 10.1. The molecule has 0 saturated heterocycles. The molecular weight excluding hydrogens is 248 g/mol. The van der Waals surface area contributed by atoms with Crippen LogP contribution in [0.2, 0.25) is 5.02 Å². The second-order valence-electron chi connectivity index (χ2n) is 4.31. The first-order valence-corrected chi connectivity index (χ1v) is 6.51. The zero-order chi connectivity index (χ0) is 13.0. The van der Waals surface area contributed by atoms with Gasteiger partial charge < -0.3 is 10.4 Å². The van der Waals surface area contributed by atoms with Gasteiger partial charge in [0.25, 0.3) is 0 Å². The van der Waals surface area contributed by atoms with Crippen molar-refractivity contribution >= 4 is 22.5 Å². The van der Waals surface area contributed by atoms with Crippen LogP contribution >= 0.6 is 11.6 Å². The minimum atomic E-state index is -0.308. The summed E-state index contributed by atoms with van der Waals surface area (Å²) in [5.74, 6) is 0. The van der Waals surface area contributed by atoms with E-state index >= 15 is 0 Å². The first kappa shape index (κ1) is 13.3. The van der Waals surface area contributed by atoms with Crippen LogP contribution in [0.25, 0.3) is 10.9 Å². The van der Waals surface area contributed by atoms with Crippen molar-refractivity contribution in [3.8, 4) is 0 Å². The van der Waals surface area contributed by atoms with Crippen LogP contribution in [0.5, 0.6) is 0 Å². The lowest BCUT2D eigenvalue weighted by Crippen LogP contribution is -2.25. The molecule has 0 saturated carbocycles. The molecule has 18 heavy (non-hydrogen) atoms. The average molecular weight is 265 g/mol. The van der Waals surface area contributed by atoms with Gasteiger partial charge in [-0.2, -0.15) is 0 Å². The maximum absolute atomic E-state index is 9.47. The summed E-state index contributed by atoms with van der Waals surface area (Å²) in [4.78, 5) is 4.37. The standard InChI is InChI=1S/C14H17ClN2O/c1-2-11(18)9-16-7-10-8-17-13-6-4-3-5-12(13)14(10)15/h3-6,8,11,16,18H,2,7,9H2,1H3/t11-/m1/s1. The maximum Gasteiger partial charge on any atom is 0.0717 e. The monoisotopic (exact) mass is 264 g/mol. The van der Waals surface area contributed by atoms with Gasteiger partial charge in [-0.3, -0.25) is 4.98 Å². The van der Waals surface area contributed by atoms with Crippen LogP contribution in [0.4, 0.5) is 0 Å². The van der Waals surface area contributed by atoms with Gasteiger partial charge in [-0.1, -0.05) is 36.7 Å². The van der Waals surface area contributed by atoms with Crippen molar-refractivity contribution in [3.63, 3.8) is 0 Å². The highest BCUT2D eigenvalue weighted by Gasteiger charge is 2.06. The Morgan fingerprint density at radius 1 is 1.39 bits per heavy atom. The third-order valence-electron chi connectivity index (χ3n) is 2.95. The number of hydrogen-bond donors (Lipinski definition) is 2. The molecule has 1 atom stereocenters. The molecule has 4 heteroatoms. The largest absolute Gasteiger partial charge is 0.392 e. The van der Waals surface area contributed by atoms with Crippen LogP contribution in [-0.2, 0) is 6.54 Å². The van der Waals surface area contributed by atoms with Crippen LogP contribution < -0.4 is 5.32 Å². The van der Waals surface area contributed by atoms with Gasteiger partial charge in [-0.15, -0.1) is 0 Å². The predicted octanol–water partition coefficient (Wildman–Crippen LogP) is 2.75. The second kappa shape index (κ2) is 6.14. The Morgan fingerprint density at radius 2 is 2.17 bits per heavy atom. The van der Waals surface area contributed by atoms with E-state index in [2.05, 4.69) is 10.3 Å². The molecule has 3 nitrogen and oxygen atoms in total. The van der Waals surface area contributed by atoms with E-state index in [0.29, 0.717) is 13.1 Å². The number of pyridine rings is 1. The molecule has 0 unspecified atom stereocenters. The van der Waals surface area contributed by atoms with Crippen molar-refractivity contribution in [2.24, 2.45) is 0 Å². The third-order valence-corrected chi connectivity index (χ3v) is 3.39. The van der Waals surface area contributed by atoms with Crippen LogP contribution in [0, 0.1) is 0 Å². The van der Waals surface area contributed by atoms with Crippen LogP contribution in [0.1, 0.15) is 18.9 Å². The fraction of sp³-hybridized carbons (Fsp3) is 0.357. The number of fused-ring (bicyclic) bond motifs is 1. The Morgan fingerprint density at radius 3 is 2.94 bits per heavy atom.